The summed E-state index contributed by atoms with van der Waals surface area (Å²) in [5.41, 5.74) is 5.94. The molecule has 0 aliphatic heterocycles. The van der Waals surface area contributed by atoms with Crippen molar-refractivity contribution in [2.75, 3.05) is 20.1 Å². The predicted molar refractivity (Wildman–Crippen MR) is 162 cm³/mol. The molecular formula is C33H42N2O5S. The Morgan fingerprint density at radius 1 is 1.02 bits per heavy atom. The first-order chi connectivity index (χ1) is 19.3. The van der Waals surface area contributed by atoms with Gasteiger partial charge in [-0.2, -0.15) is 4.31 Å². The number of carboxylic acids is 1. The third-order valence-corrected chi connectivity index (χ3v) is 9.95. The smallest absolute Gasteiger partial charge is 0.303 e. The summed E-state index contributed by atoms with van der Waals surface area (Å²) in [5.74, 6) is -0.293. The van der Waals surface area contributed by atoms with Gasteiger partial charge in [-0.25, -0.2) is 8.42 Å². The van der Waals surface area contributed by atoms with E-state index in [1.165, 1.54) is 22.5 Å². The maximum atomic E-state index is 13.4. The number of sulfonamides is 1. The predicted octanol–water partition coefficient (Wildman–Crippen LogP) is 4.83. The second kappa shape index (κ2) is 12.9. The monoisotopic (exact) mass is 578 g/mol. The Morgan fingerprint density at radius 3 is 2.32 bits per heavy atom. The van der Waals surface area contributed by atoms with Crippen LogP contribution in [-0.4, -0.2) is 60.7 Å². The maximum Gasteiger partial charge on any atom is 0.303 e. The van der Waals surface area contributed by atoms with E-state index in [1.54, 1.807) is 19.1 Å². The molecule has 0 bridgehead atoms. The molecule has 0 heterocycles. The van der Waals surface area contributed by atoms with Gasteiger partial charge < -0.3 is 15.5 Å². The number of carboxylic acid groups (broad SMARTS) is 1. The molecule has 4 rings (SSSR count). The summed E-state index contributed by atoms with van der Waals surface area (Å²) in [6, 6.07) is 21.4. The molecular weight excluding hydrogens is 536 g/mol. The van der Waals surface area contributed by atoms with E-state index in [0.29, 0.717) is 24.4 Å². The molecule has 0 saturated heterocycles. The van der Waals surface area contributed by atoms with Crippen LogP contribution in [0.2, 0.25) is 0 Å². The Bertz CT molecular complexity index is 1460. The third-order valence-electron chi connectivity index (χ3n) is 7.97. The van der Waals surface area contributed by atoms with E-state index >= 15 is 0 Å². The van der Waals surface area contributed by atoms with E-state index in [0.717, 1.165) is 36.0 Å². The summed E-state index contributed by atoms with van der Waals surface area (Å²) in [5, 5.41) is 23.2. The highest BCUT2D eigenvalue weighted by molar-refractivity contribution is 7.89. The number of hydrogen-bond acceptors (Lipinski definition) is 5. The topological polar surface area (TPSA) is 107 Å². The van der Waals surface area contributed by atoms with Gasteiger partial charge in [0.05, 0.1) is 11.0 Å². The Kier molecular flexibility index (Phi) is 9.70. The minimum atomic E-state index is -3.81. The van der Waals surface area contributed by atoms with Gasteiger partial charge in [0.1, 0.15) is 0 Å². The van der Waals surface area contributed by atoms with Gasteiger partial charge in [-0.1, -0.05) is 60.7 Å². The first-order valence-corrected chi connectivity index (χ1v) is 15.7. The Hall–Kier alpha value is -3.04. The lowest BCUT2D eigenvalue weighted by molar-refractivity contribution is -0.136. The summed E-state index contributed by atoms with van der Waals surface area (Å²) < 4.78 is 28.1. The molecule has 8 heteroatoms. The number of aliphatic hydroxyl groups is 1. The van der Waals surface area contributed by atoms with Gasteiger partial charge in [0.2, 0.25) is 10.0 Å². The molecule has 41 heavy (non-hydrogen) atoms. The Morgan fingerprint density at radius 2 is 1.68 bits per heavy atom. The molecule has 1 aliphatic carbocycles. The zero-order chi connectivity index (χ0) is 29.8. The van der Waals surface area contributed by atoms with Gasteiger partial charge in [0.25, 0.3) is 0 Å². The van der Waals surface area contributed by atoms with E-state index < -0.39 is 22.1 Å². The number of nitrogens with one attached hydrogen (secondary N) is 1. The second-order valence-corrected chi connectivity index (χ2v) is 14.0. The first-order valence-electron chi connectivity index (χ1n) is 14.2. The number of fused-ring (bicyclic) bond motifs is 1. The molecule has 3 aromatic carbocycles. The van der Waals surface area contributed by atoms with Crippen molar-refractivity contribution in [3.63, 3.8) is 0 Å². The zero-order valence-electron chi connectivity index (χ0n) is 24.4. The van der Waals surface area contributed by atoms with Crippen molar-refractivity contribution in [2.45, 2.75) is 69.4 Å². The molecule has 3 aromatic rings. The van der Waals surface area contributed by atoms with Gasteiger partial charge in [0.15, 0.2) is 0 Å². The molecule has 0 saturated carbocycles. The van der Waals surface area contributed by atoms with Crippen LogP contribution in [0, 0.1) is 12.8 Å². The highest BCUT2D eigenvalue weighted by Gasteiger charge is 2.30. The number of benzene rings is 3. The molecule has 1 unspecified atom stereocenters. The van der Waals surface area contributed by atoms with Crippen LogP contribution in [0.5, 0.6) is 0 Å². The average molecular weight is 579 g/mol. The standard InChI is InChI=1S/C33H42N2O5S/c1-23-16-29(28-11-7-8-24(17-28)12-15-32(37)38)13-14-31(23)41(39,40)35(4)22-30(36)21-34-33(2,3)20-25-18-26-9-5-6-10-27(26)19-25/h5-11,13-14,16-17,25,30,34,36H,12,15,18-22H2,1-4H3,(H,37,38). The van der Waals surface area contributed by atoms with Crippen LogP contribution in [0.15, 0.2) is 71.6 Å². The number of rotatable bonds is 13. The Labute approximate surface area is 244 Å². The van der Waals surface area contributed by atoms with Gasteiger partial charge in [-0.15, -0.1) is 0 Å². The third kappa shape index (κ3) is 8.04. The van der Waals surface area contributed by atoms with E-state index in [-0.39, 0.29) is 23.4 Å². The van der Waals surface area contributed by atoms with E-state index in [9.17, 15) is 18.3 Å². The maximum absolute atomic E-state index is 13.4. The van der Waals surface area contributed by atoms with Crippen LogP contribution in [0.1, 0.15) is 48.9 Å². The molecule has 0 radical (unpaired) electrons. The van der Waals surface area contributed by atoms with Crippen molar-refractivity contribution in [1.82, 2.24) is 9.62 Å². The quantitative estimate of drug-likeness (QED) is 0.268. The van der Waals surface area contributed by atoms with Crippen LogP contribution in [0.4, 0.5) is 0 Å². The van der Waals surface area contributed by atoms with Crippen molar-refractivity contribution in [3.05, 3.63) is 89.0 Å². The first kappa shape index (κ1) is 30.9. The number of carbonyl (C=O) groups is 1. The lowest BCUT2D eigenvalue weighted by Gasteiger charge is -2.31. The van der Waals surface area contributed by atoms with Crippen molar-refractivity contribution in [3.8, 4) is 11.1 Å². The lowest BCUT2D eigenvalue weighted by atomic mass is 9.88. The van der Waals surface area contributed by atoms with Crippen LogP contribution in [0.3, 0.4) is 0 Å². The lowest BCUT2D eigenvalue weighted by Crippen LogP contribution is -2.47. The van der Waals surface area contributed by atoms with Crippen molar-refractivity contribution < 1.29 is 23.4 Å². The summed E-state index contributed by atoms with van der Waals surface area (Å²) >= 11 is 0. The highest BCUT2D eigenvalue weighted by atomic mass is 32.2. The van der Waals surface area contributed by atoms with Crippen molar-refractivity contribution >= 4 is 16.0 Å². The molecule has 1 atom stereocenters. The molecule has 0 spiro atoms. The zero-order valence-corrected chi connectivity index (χ0v) is 25.2. The SMILES string of the molecule is Cc1cc(-c2cccc(CCC(=O)O)c2)ccc1S(=O)(=O)N(C)CC(O)CNC(C)(C)CC1Cc2ccccc2C1. The number of aliphatic hydroxyl groups excluding tert-OH is 1. The molecule has 0 fully saturated rings. The van der Waals surface area contributed by atoms with E-state index in [4.69, 9.17) is 5.11 Å². The van der Waals surface area contributed by atoms with Gasteiger partial charge >= 0.3 is 5.97 Å². The summed E-state index contributed by atoms with van der Waals surface area (Å²) in [6.45, 7) is 6.31. The van der Waals surface area contributed by atoms with Crippen LogP contribution in [-0.2, 0) is 34.1 Å². The van der Waals surface area contributed by atoms with Crippen molar-refractivity contribution in [2.24, 2.45) is 5.92 Å². The largest absolute Gasteiger partial charge is 0.481 e. The number of hydrogen-bond donors (Lipinski definition) is 3. The summed E-state index contributed by atoms with van der Waals surface area (Å²) in [4.78, 5) is 11.1. The average Bonchev–Trinajstić information content (AvgIpc) is 3.32. The fourth-order valence-electron chi connectivity index (χ4n) is 5.89. The number of β-amino-alcohol motifs (C(OH)–C–C–N with tert-alkyl or cyclic N) is 1. The fraction of sp³-hybridized carbons (Fsp3) is 0.424. The van der Waals surface area contributed by atoms with Gasteiger partial charge in [-0.05, 0) is 91.8 Å². The van der Waals surface area contributed by atoms with Gasteiger partial charge in [-0.3, -0.25) is 4.79 Å². The van der Waals surface area contributed by atoms with Gasteiger partial charge in [0, 0.05) is 32.1 Å². The molecule has 220 valence electrons. The molecule has 0 amide bonds. The molecule has 0 aromatic heterocycles. The number of likely N-dealkylation sites (N-methyl/N-ethyl adjacent to an activating group) is 1. The minimum absolute atomic E-state index is 0.0207. The number of aliphatic carboxylic acids is 1. The molecule has 7 nitrogen and oxygen atoms in total. The summed E-state index contributed by atoms with van der Waals surface area (Å²) in [7, 11) is -2.31. The normalized spacial score (nSPS) is 14.8. The second-order valence-electron chi connectivity index (χ2n) is 12.0. The van der Waals surface area contributed by atoms with Crippen LogP contribution in [0.25, 0.3) is 11.1 Å². The van der Waals surface area contributed by atoms with E-state index in [1.807, 2.05) is 30.3 Å². The Balaban J connectivity index is 1.34. The number of nitrogens with zero attached hydrogens (tertiary/aromatic N) is 1. The van der Waals surface area contributed by atoms with Crippen LogP contribution < -0.4 is 5.32 Å². The minimum Gasteiger partial charge on any atom is -0.481 e. The highest BCUT2D eigenvalue weighted by Crippen LogP contribution is 2.32. The van der Waals surface area contributed by atoms with Crippen molar-refractivity contribution in [1.29, 1.82) is 0 Å². The fourth-order valence-corrected chi connectivity index (χ4v) is 7.30. The number of aryl methyl sites for hydroxylation is 2. The summed E-state index contributed by atoms with van der Waals surface area (Å²) in [6.07, 6.45) is 2.74. The van der Waals surface area contributed by atoms with E-state index in [2.05, 4.69) is 43.4 Å². The molecule has 3 N–H and O–H groups in total. The van der Waals surface area contributed by atoms with Crippen LogP contribution >= 0.6 is 0 Å². The molecule has 1 aliphatic rings.